The van der Waals surface area contributed by atoms with E-state index in [1.54, 1.807) is 0 Å². The van der Waals surface area contributed by atoms with Crippen molar-refractivity contribution >= 4 is 27.5 Å². The molecule has 16 heavy (non-hydrogen) atoms. The molecule has 0 saturated carbocycles. The third-order valence-corrected chi connectivity index (χ3v) is 2.56. The predicted molar refractivity (Wildman–Crippen MR) is 61.2 cm³/mol. The molecule has 1 amide bonds. The van der Waals surface area contributed by atoms with Crippen molar-refractivity contribution in [1.29, 1.82) is 0 Å². The number of anilines is 1. The Morgan fingerprint density at radius 3 is 2.69 bits per heavy atom. The van der Waals surface area contributed by atoms with Gasteiger partial charge in [0.2, 0.25) is 5.91 Å². The van der Waals surface area contributed by atoms with Crippen LogP contribution in [0.2, 0.25) is 0 Å². The van der Waals surface area contributed by atoms with Crippen molar-refractivity contribution in [3.63, 3.8) is 0 Å². The Morgan fingerprint density at radius 1 is 1.38 bits per heavy atom. The summed E-state index contributed by atoms with van der Waals surface area (Å²) in [6.45, 7) is 0.286. The Kier molecular flexibility index (Phi) is 4.67. The molecule has 0 unspecified atom stereocenters. The molecule has 0 bridgehead atoms. The van der Waals surface area contributed by atoms with Gasteiger partial charge in [0.15, 0.2) is 0 Å². The number of rotatable bonds is 4. The lowest BCUT2D eigenvalue weighted by Crippen LogP contribution is -2.21. The van der Waals surface area contributed by atoms with E-state index >= 15 is 0 Å². The molecule has 0 aromatic heterocycles. The Balaban J connectivity index is 2.60. The molecule has 0 aliphatic heterocycles. The van der Waals surface area contributed by atoms with Gasteiger partial charge in [0.05, 0.1) is 10.2 Å². The molecule has 0 saturated heterocycles. The van der Waals surface area contributed by atoms with Gasteiger partial charge in [-0.15, -0.1) is 0 Å². The number of nitrogens with one attached hydrogen (secondary N) is 2. The van der Waals surface area contributed by atoms with Gasteiger partial charge in [-0.25, -0.2) is 8.78 Å². The minimum absolute atomic E-state index is 0.144. The first-order valence-electron chi connectivity index (χ1n) is 4.63. The van der Waals surface area contributed by atoms with Crippen molar-refractivity contribution in [3.05, 3.63) is 28.2 Å². The van der Waals surface area contributed by atoms with Crippen LogP contribution in [0.5, 0.6) is 0 Å². The Labute approximate surface area is 100 Å². The molecule has 0 aliphatic carbocycles. The average molecular weight is 293 g/mol. The van der Waals surface area contributed by atoms with Crippen LogP contribution >= 0.6 is 15.9 Å². The SMILES string of the molecule is CNC(=O)CCNc1cc(Br)c(F)cc1F. The molecule has 88 valence electrons. The normalized spacial score (nSPS) is 10.0. The summed E-state index contributed by atoms with van der Waals surface area (Å²) in [5, 5.41) is 5.16. The maximum Gasteiger partial charge on any atom is 0.221 e. The Morgan fingerprint density at radius 2 is 2.06 bits per heavy atom. The van der Waals surface area contributed by atoms with Gasteiger partial charge in [0.1, 0.15) is 11.6 Å². The van der Waals surface area contributed by atoms with E-state index in [0.717, 1.165) is 6.07 Å². The highest BCUT2D eigenvalue weighted by atomic mass is 79.9. The van der Waals surface area contributed by atoms with Gasteiger partial charge in [0.25, 0.3) is 0 Å². The van der Waals surface area contributed by atoms with Gasteiger partial charge >= 0.3 is 0 Å². The van der Waals surface area contributed by atoms with Crippen LogP contribution in [-0.2, 0) is 4.79 Å². The second-order valence-electron chi connectivity index (χ2n) is 3.10. The molecule has 1 rings (SSSR count). The Hall–Kier alpha value is -1.17. The zero-order valence-corrected chi connectivity index (χ0v) is 10.2. The van der Waals surface area contributed by atoms with Gasteiger partial charge in [-0.2, -0.15) is 0 Å². The number of amides is 1. The zero-order valence-electron chi connectivity index (χ0n) is 8.61. The van der Waals surface area contributed by atoms with Crippen molar-refractivity contribution in [2.45, 2.75) is 6.42 Å². The summed E-state index contributed by atoms with van der Waals surface area (Å²) in [7, 11) is 1.53. The number of carbonyl (C=O) groups is 1. The monoisotopic (exact) mass is 292 g/mol. The molecule has 0 heterocycles. The van der Waals surface area contributed by atoms with Gasteiger partial charge < -0.3 is 10.6 Å². The highest BCUT2D eigenvalue weighted by molar-refractivity contribution is 9.10. The molecule has 0 spiro atoms. The third-order valence-electron chi connectivity index (χ3n) is 1.96. The number of hydrogen-bond donors (Lipinski definition) is 2. The average Bonchev–Trinajstić information content (AvgIpc) is 2.25. The topological polar surface area (TPSA) is 41.1 Å². The molecular formula is C10H11BrF2N2O. The predicted octanol–water partition coefficient (Wildman–Crippen LogP) is 2.28. The van der Waals surface area contributed by atoms with Crippen LogP contribution in [0.4, 0.5) is 14.5 Å². The lowest BCUT2D eigenvalue weighted by Gasteiger charge is -2.08. The molecule has 0 fully saturated rings. The molecule has 0 atom stereocenters. The van der Waals surface area contributed by atoms with E-state index in [4.69, 9.17) is 0 Å². The number of benzene rings is 1. The van der Waals surface area contributed by atoms with Crippen LogP contribution in [0.3, 0.4) is 0 Å². The first-order chi connectivity index (χ1) is 7.54. The van der Waals surface area contributed by atoms with Crippen molar-refractivity contribution in [1.82, 2.24) is 5.32 Å². The zero-order chi connectivity index (χ0) is 12.1. The number of halogens is 3. The van der Waals surface area contributed by atoms with Gasteiger partial charge in [-0.1, -0.05) is 0 Å². The van der Waals surface area contributed by atoms with Crippen molar-refractivity contribution in [2.24, 2.45) is 0 Å². The second kappa shape index (κ2) is 5.79. The van der Waals surface area contributed by atoms with Crippen molar-refractivity contribution < 1.29 is 13.6 Å². The van der Waals surface area contributed by atoms with Crippen LogP contribution in [0, 0.1) is 11.6 Å². The highest BCUT2D eigenvalue weighted by Gasteiger charge is 2.08. The molecule has 3 nitrogen and oxygen atoms in total. The summed E-state index contributed by atoms with van der Waals surface area (Å²) < 4.78 is 26.3. The van der Waals surface area contributed by atoms with E-state index < -0.39 is 11.6 Å². The summed E-state index contributed by atoms with van der Waals surface area (Å²) in [5.41, 5.74) is 0.164. The van der Waals surface area contributed by atoms with Gasteiger partial charge in [-0.05, 0) is 22.0 Å². The highest BCUT2D eigenvalue weighted by Crippen LogP contribution is 2.23. The van der Waals surface area contributed by atoms with Crippen LogP contribution in [0.15, 0.2) is 16.6 Å². The fraction of sp³-hybridized carbons (Fsp3) is 0.300. The van der Waals surface area contributed by atoms with E-state index in [-0.39, 0.29) is 29.0 Å². The van der Waals surface area contributed by atoms with Crippen LogP contribution in [-0.4, -0.2) is 19.5 Å². The van der Waals surface area contributed by atoms with Crippen molar-refractivity contribution in [2.75, 3.05) is 18.9 Å². The maximum atomic E-state index is 13.2. The number of carbonyl (C=O) groups excluding carboxylic acids is 1. The molecule has 6 heteroatoms. The van der Waals surface area contributed by atoms with E-state index in [0.29, 0.717) is 0 Å². The first-order valence-corrected chi connectivity index (χ1v) is 5.43. The van der Waals surface area contributed by atoms with Crippen molar-refractivity contribution in [3.8, 4) is 0 Å². The van der Waals surface area contributed by atoms with E-state index in [9.17, 15) is 13.6 Å². The van der Waals surface area contributed by atoms with Crippen LogP contribution < -0.4 is 10.6 Å². The summed E-state index contributed by atoms with van der Waals surface area (Å²) in [6.07, 6.45) is 0.227. The Bertz CT molecular complexity index is 399. The summed E-state index contributed by atoms with van der Waals surface area (Å²) in [5.74, 6) is -1.49. The van der Waals surface area contributed by atoms with E-state index in [1.165, 1.54) is 13.1 Å². The molecule has 0 radical (unpaired) electrons. The molecule has 2 N–H and O–H groups in total. The largest absolute Gasteiger partial charge is 0.382 e. The van der Waals surface area contributed by atoms with Gasteiger partial charge in [-0.3, -0.25) is 4.79 Å². The maximum absolute atomic E-state index is 13.2. The molecule has 1 aromatic rings. The van der Waals surface area contributed by atoms with E-state index in [1.807, 2.05) is 0 Å². The molecule has 1 aromatic carbocycles. The lowest BCUT2D eigenvalue weighted by atomic mass is 10.3. The minimum Gasteiger partial charge on any atom is -0.382 e. The van der Waals surface area contributed by atoms with Crippen LogP contribution in [0.1, 0.15) is 6.42 Å². The minimum atomic E-state index is -0.683. The lowest BCUT2D eigenvalue weighted by molar-refractivity contribution is -0.120. The summed E-state index contributed by atoms with van der Waals surface area (Å²) in [6, 6.07) is 2.08. The fourth-order valence-electron chi connectivity index (χ4n) is 1.09. The standard InChI is InChI=1S/C10H11BrF2N2O/c1-14-10(16)2-3-15-9-4-6(11)7(12)5-8(9)13/h4-5,15H,2-3H2,1H3,(H,14,16). The summed E-state index contributed by atoms with van der Waals surface area (Å²) in [4.78, 5) is 10.9. The van der Waals surface area contributed by atoms with E-state index in [2.05, 4.69) is 26.6 Å². The smallest absolute Gasteiger partial charge is 0.221 e. The van der Waals surface area contributed by atoms with Crippen LogP contribution in [0.25, 0.3) is 0 Å². The second-order valence-corrected chi connectivity index (χ2v) is 3.95. The first kappa shape index (κ1) is 12.9. The number of hydrogen-bond acceptors (Lipinski definition) is 2. The fourth-order valence-corrected chi connectivity index (χ4v) is 1.44. The summed E-state index contributed by atoms with van der Waals surface area (Å²) >= 11 is 2.95. The quantitative estimate of drug-likeness (QED) is 0.836. The van der Waals surface area contributed by atoms with Gasteiger partial charge in [0, 0.05) is 26.1 Å². The molecule has 0 aliphatic rings. The third kappa shape index (κ3) is 3.44. The molecular weight excluding hydrogens is 282 g/mol.